The van der Waals surface area contributed by atoms with Crippen molar-refractivity contribution >= 4 is 16.8 Å². The fraction of sp³-hybridized carbons (Fsp3) is 0.545. The quantitative estimate of drug-likeness (QED) is 0.864. The highest BCUT2D eigenvalue weighted by Gasteiger charge is 2.42. The van der Waals surface area contributed by atoms with E-state index in [1.54, 1.807) is 7.11 Å². The van der Waals surface area contributed by atoms with Crippen molar-refractivity contribution in [2.75, 3.05) is 26.7 Å². The van der Waals surface area contributed by atoms with E-state index in [0.717, 1.165) is 60.6 Å². The monoisotopic (exact) mass is 381 g/mol. The van der Waals surface area contributed by atoms with Gasteiger partial charge in [0.15, 0.2) is 0 Å². The molecule has 3 saturated heterocycles. The summed E-state index contributed by atoms with van der Waals surface area (Å²) in [6.07, 6.45) is 4.60. The summed E-state index contributed by atoms with van der Waals surface area (Å²) in [6.45, 7) is 3.16. The highest BCUT2D eigenvalue weighted by Crippen LogP contribution is 2.35. The Bertz CT molecular complexity index is 965. The lowest BCUT2D eigenvalue weighted by molar-refractivity contribution is -0.140. The van der Waals surface area contributed by atoms with E-state index in [2.05, 4.69) is 14.8 Å². The average molecular weight is 381 g/mol. The number of rotatable bonds is 5. The van der Waals surface area contributed by atoms with Crippen LogP contribution in [0.25, 0.3) is 10.9 Å². The first-order chi connectivity index (χ1) is 13.6. The fourth-order valence-corrected chi connectivity index (χ4v) is 4.79. The number of methoxy groups -OCH3 is 1. The number of nitrogens with zero attached hydrogens (tertiary/aromatic N) is 2. The second kappa shape index (κ2) is 6.92. The van der Waals surface area contributed by atoms with Crippen molar-refractivity contribution in [2.45, 2.75) is 38.3 Å². The molecule has 4 fully saturated rings. The lowest BCUT2D eigenvalue weighted by Gasteiger charge is -2.36. The molecule has 1 N–H and O–H groups in total. The van der Waals surface area contributed by atoms with Crippen LogP contribution in [0, 0.1) is 11.8 Å². The summed E-state index contributed by atoms with van der Waals surface area (Å²) < 4.78 is 5.24. The van der Waals surface area contributed by atoms with E-state index in [1.165, 1.54) is 12.8 Å². The number of nitrogens with one attached hydrogen (secondary N) is 1. The van der Waals surface area contributed by atoms with Gasteiger partial charge in [-0.3, -0.25) is 14.5 Å². The van der Waals surface area contributed by atoms with Crippen LogP contribution in [0.5, 0.6) is 5.75 Å². The number of ether oxygens (including phenoxy) is 1. The average Bonchev–Trinajstić information content (AvgIpc) is 3.52. The Labute approximate surface area is 164 Å². The van der Waals surface area contributed by atoms with E-state index in [-0.39, 0.29) is 11.5 Å². The normalized spacial score (nSPS) is 25.3. The SMILES string of the molecule is COc1ccc2cc(CN3C[C@@H]4CC[C@H](C3)N(CC3CC3)C4=O)c(=O)[nH]c2c1. The number of carbonyl (C=O) groups excluding carboxylic acids is 1. The summed E-state index contributed by atoms with van der Waals surface area (Å²) >= 11 is 0. The number of pyridine rings is 1. The molecule has 0 radical (unpaired) electrons. The molecule has 0 unspecified atom stereocenters. The van der Waals surface area contributed by atoms with Gasteiger partial charge < -0.3 is 14.6 Å². The number of hydrogen-bond acceptors (Lipinski definition) is 4. The predicted molar refractivity (Wildman–Crippen MR) is 107 cm³/mol. The third-order valence-electron chi connectivity index (χ3n) is 6.54. The summed E-state index contributed by atoms with van der Waals surface area (Å²) in [6, 6.07) is 8.01. The van der Waals surface area contributed by atoms with Crippen LogP contribution in [0.3, 0.4) is 0 Å². The number of carbonyl (C=O) groups is 1. The van der Waals surface area contributed by atoms with Gasteiger partial charge in [0.25, 0.3) is 5.56 Å². The zero-order valence-electron chi connectivity index (χ0n) is 16.3. The largest absolute Gasteiger partial charge is 0.497 e. The molecule has 1 saturated carbocycles. The Balaban J connectivity index is 1.38. The topological polar surface area (TPSA) is 65.6 Å². The van der Waals surface area contributed by atoms with Crippen LogP contribution in [0.4, 0.5) is 0 Å². The minimum Gasteiger partial charge on any atom is -0.497 e. The molecule has 1 aromatic heterocycles. The molecule has 2 bridgehead atoms. The zero-order chi connectivity index (χ0) is 19.3. The maximum Gasteiger partial charge on any atom is 0.252 e. The van der Waals surface area contributed by atoms with Crippen LogP contribution in [0.1, 0.15) is 31.2 Å². The van der Waals surface area contributed by atoms with Crippen molar-refractivity contribution in [2.24, 2.45) is 11.8 Å². The standard InChI is InChI=1S/C22H27N3O3/c1-28-19-7-5-15-8-17(21(26)23-20(15)9-19)12-24-11-16-4-6-18(13-24)25(22(16)27)10-14-2-3-14/h5,7-9,14,16,18H,2-4,6,10-13H2,1H3,(H,23,26)/t16-,18+/m0/s1. The Morgan fingerprint density at radius 1 is 1.11 bits per heavy atom. The van der Waals surface area contributed by atoms with Crippen LogP contribution >= 0.6 is 0 Å². The molecule has 4 heterocycles. The summed E-state index contributed by atoms with van der Waals surface area (Å²) in [5.41, 5.74) is 1.49. The molecule has 6 heteroatoms. The first-order valence-corrected chi connectivity index (χ1v) is 10.3. The molecule has 3 aliphatic heterocycles. The van der Waals surface area contributed by atoms with E-state index >= 15 is 0 Å². The van der Waals surface area contributed by atoms with Gasteiger partial charge in [0, 0.05) is 43.9 Å². The summed E-state index contributed by atoms with van der Waals surface area (Å²) in [5, 5.41) is 1.000. The van der Waals surface area contributed by atoms with Gasteiger partial charge in [-0.25, -0.2) is 0 Å². The number of fused-ring (bicyclic) bond motifs is 5. The van der Waals surface area contributed by atoms with Crippen LogP contribution in [0.15, 0.2) is 29.1 Å². The zero-order valence-corrected chi connectivity index (χ0v) is 16.3. The second-order valence-corrected chi connectivity index (χ2v) is 8.63. The lowest BCUT2D eigenvalue weighted by Crippen LogP contribution is -2.48. The lowest BCUT2D eigenvalue weighted by atomic mass is 9.94. The number of aromatic nitrogens is 1. The molecule has 6 rings (SSSR count). The first-order valence-electron chi connectivity index (χ1n) is 10.3. The van der Waals surface area contributed by atoms with Crippen molar-refractivity contribution in [1.29, 1.82) is 0 Å². The number of H-pyrrole nitrogens is 1. The van der Waals surface area contributed by atoms with Crippen LogP contribution in [-0.4, -0.2) is 53.5 Å². The Morgan fingerprint density at radius 3 is 2.75 bits per heavy atom. The van der Waals surface area contributed by atoms with E-state index in [9.17, 15) is 9.59 Å². The molecule has 28 heavy (non-hydrogen) atoms. The fourth-order valence-electron chi connectivity index (χ4n) is 4.79. The predicted octanol–water partition coefficient (Wildman–Crippen LogP) is 2.37. The number of aromatic amines is 1. The van der Waals surface area contributed by atoms with E-state index in [1.807, 2.05) is 24.3 Å². The molecule has 2 atom stereocenters. The van der Waals surface area contributed by atoms with Gasteiger partial charge >= 0.3 is 0 Å². The summed E-state index contributed by atoms with van der Waals surface area (Å²) in [4.78, 5) is 33.0. The molecule has 4 aliphatic rings. The third kappa shape index (κ3) is 3.30. The van der Waals surface area contributed by atoms with Gasteiger partial charge in [0.05, 0.1) is 18.5 Å². The minimum atomic E-state index is -0.0569. The molecule has 2 aromatic rings. The van der Waals surface area contributed by atoms with Crippen LogP contribution in [-0.2, 0) is 11.3 Å². The van der Waals surface area contributed by atoms with E-state index < -0.39 is 0 Å². The maximum absolute atomic E-state index is 12.9. The van der Waals surface area contributed by atoms with E-state index in [0.29, 0.717) is 18.5 Å². The minimum absolute atomic E-state index is 0.0569. The van der Waals surface area contributed by atoms with Crippen LogP contribution < -0.4 is 10.3 Å². The summed E-state index contributed by atoms with van der Waals surface area (Å²) in [7, 11) is 1.62. The van der Waals surface area contributed by atoms with Crippen molar-refractivity contribution in [3.05, 3.63) is 40.2 Å². The van der Waals surface area contributed by atoms with Crippen molar-refractivity contribution in [1.82, 2.24) is 14.8 Å². The molecule has 1 aromatic carbocycles. The van der Waals surface area contributed by atoms with Crippen molar-refractivity contribution < 1.29 is 9.53 Å². The Hall–Kier alpha value is -2.34. The third-order valence-corrected chi connectivity index (χ3v) is 6.54. The molecule has 6 nitrogen and oxygen atoms in total. The number of benzene rings is 1. The Kier molecular flexibility index (Phi) is 4.38. The highest BCUT2D eigenvalue weighted by molar-refractivity contribution is 5.81. The van der Waals surface area contributed by atoms with Gasteiger partial charge in [-0.2, -0.15) is 0 Å². The van der Waals surface area contributed by atoms with Gasteiger partial charge in [-0.15, -0.1) is 0 Å². The molecule has 1 amide bonds. The van der Waals surface area contributed by atoms with Gasteiger partial charge in [-0.1, -0.05) is 0 Å². The smallest absolute Gasteiger partial charge is 0.252 e. The number of amides is 1. The number of piperidine rings is 1. The maximum atomic E-state index is 12.9. The molecular formula is C22H27N3O3. The number of hydrogen-bond donors (Lipinski definition) is 1. The molecular weight excluding hydrogens is 354 g/mol. The summed E-state index contributed by atoms with van der Waals surface area (Å²) in [5.74, 6) is 1.87. The Morgan fingerprint density at radius 2 is 1.96 bits per heavy atom. The second-order valence-electron chi connectivity index (χ2n) is 8.63. The van der Waals surface area contributed by atoms with Gasteiger partial charge in [0.2, 0.25) is 5.91 Å². The first kappa shape index (κ1) is 17.7. The van der Waals surface area contributed by atoms with Gasteiger partial charge in [0.1, 0.15) is 5.75 Å². The molecule has 1 aliphatic carbocycles. The molecule has 148 valence electrons. The molecule has 0 spiro atoms. The van der Waals surface area contributed by atoms with Gasteiger partial charge in [-0.05, 0) is 55.2 Å². The highest BCUT2D eigenvalue weighted by atomic mass is 16.5. The van der Waals surface area contributed by atoms with Crippen molar-refractivity contribution in [3.63, 3.8) is 0 Å². The van der Waals surface area contributed by atoms with Crippen LogP contribution in [0.2, 0.25) is 0 Å². The van der Waals surface area contributed by atoms with Crippen molar-refractivity contribution in [3.8, 4) is 5.75 Å². The van der Waals surface area contributed by atoms with E-state index in [4.69, 9.17) is 4.74 Å².